The molecule has 250 valence electrons. The minimum atomic E-state index is -3.39. The molecule has 0 radical (unpaired) electrons. The van der Waals surface area contributed by atoms with E-state index in [1.807, 2.05) is 0 Å². The van der Waals surface area contributed by atoms with Crippen LogP contribution in [0.5, 0.6) is 5.75 Å². The van der Waals surface area contributed by atoms with Gasteiger partial charge in [0.2, 0.25) is 5.95 Å². The lowest BCUT2D eigenvalue weighted by Gasteiger charge is -2.31. The van der Waals surface area contributed by atoms with E-state index in [4.69, 9.17) is 16.3 Å². The minimum absolute atomic E-state index is 0.201. The quantitative estimate of drug-likeness (QED) is 0.181. The maximum atomic E-state index is 12.8. The van der Waals surface area contributed by atoms with Crippen molar-refractivity contribution >= 4 is 38.9 Å². The van der Waals surface area contributed by atoms with Gasteiger partial charge >= 0.3 is 0 Å². The van der Waals surface area contributed by atoms with Crippen molar-refractivity contribution in [3.8, 4) is 5.75 Å². The molecule has 2 aromatic rings. The van der Waals surface area contributed by atoms with Crippen molar-refractivity contribution in [2.45, 2.75) is 82.6 Å². The van der Waals surface area contributed by atoms with E-state index in [0.717, 1.165) is 50.2 Å². The Morgan fingerprint density at radius 3 is 2.47 bits per heavy atom. The van der Waals surface area contributed by atoms with Gasteiger partial charge in [0.05, 0.1) is 29.0 Å². The topological polar surface area (TPSA) is 124 Å². The smallest absolute Gasteiger partial charge is 0.229 e. The highest BCUT2D eigenvalue weighted by atomic mass is 35.5. The summed E-state index contributed by atoms with van der Waals surface area (Å²) in [5.74, 6) is 1.73. The monoisotopic (exact) mass is 662 g/mol. The fraction of sp³-hybridized carbons (Fsp3) is 0.625. The van der Waals surface area contributed by atoms with Gasteiger partial charge in [-0.15, -0.1) is 0 Å². The first-order valence-corrected chi connectivity index (χ1v) is 18.0. The maximum Gasteiger partial charge on any atom is 0.229 e. The molecule has 0 aliphatic heterocycles. The fourth-order valence-corrected chi connectivity index (χ4v) is 6.43. The average molecular weight is 663 g/mol. The molecule has 0 bridgehead atoms. The first kappa shape index (κ1) is 35.2. The summed E-state index contributed by atoms with van der Waals surface area (Å²) in [6.45, 7) is 7.56. The molecule has 0 atom stereocenters. The van der Waals surface area contributed by atoms with E-state index in [0.29, 0.717) is 29.4 Å². The van der Waals surface area contributed by atoms with Crippen molar-refractivity contribution in [3.63, 3.8) is 0 Å². The molecule has 2 saturated carbocycles. The van der Waals surface area contributed by atoms with Crippen LogP contribution in [0, 0.1) is 6.92 Å². The Balaban J connectivity index is 1.53. The second-order valence-electron chi connectivity index (χ2n) is 12.8. The molecule has 0 saturated heterocycles. The summed E-state index contributed by atoms with van der Waals surface area (Å²) >= 11 is 6.49. The highest BCUT2D eigenvalue weighted by Crippen LogP contribution is 2.41. The lowest BCUT2D eigenvalue weighted by atomic mass is 9.80. The van der Waals surface area contributed by atoms with Gasteiger partial charge < -0.3 is 30.6 Å². The van der Waals surface area contributed by atoms with E-state index in [9.17, 15) is 8.42 Å². The van der Waals surface area contributed by atoms with Crippen molar-refractivity contribution in [1.29, 1.82) is 0 Å². The fourth-order valence-electron chi connectivity index (χ4n) is 5.38. The Bertz CT molecular complexity index is 1420. The molecule has 4 rings (SSSR count). The number of hydrogen-bond acceptors (Lipinski definition) is 11. The highest BCUT2D eigenvalue weighted by molar-refractivity contribution is 7.92. The number of hydrogen-bond donors (Lipinski definition) is 4. The summed E-state index contributed by atoms with van der Waals surface area (Å²) in [5, 5.41) is 11.6. The Kier molecular flexibility index (Phi) is 12.3. The average Bonchev–Trinajstić information content (AvgIpc) is 3.80. The summed E-state index contributed by atoms with van der Waals surface area (Å²) in [4.78, 5) is 11.3. The highest BCUT2D eigenvalue weighted by Gasteiger charge is 2.28. The van der Waals surface area contributed by atoms with Gasteiger partial charge in [0.1, 0.15) is 10.8 Å². The first-order valence-electron chi connectivity index (χ1n) is 15.9. The molecule has 45 heavy (non-hydrogen) atoms. The van der Waals surface area contributed by atoms with Gasteiger partial charge in [0.15, 0.2) is 15.7 Å². The third-order valence-electron chi connectivity index (χ3n) is 8.39. The number of ether oxygens (including phenoxy) is 1. The standard InChI is InChI=1S/C32H51ClN8O3S/c1-21(2)45(42,43)20-25(19-41(7)34-4)37-31-28(33)18-36-32(39-31)38-29-16-22(3)27(17-30(29)44-26-12-13-26)23-8-10-24(11-9-23)35-14-15-40(5)6/h16-19,21,23-24,26,34-35H,8-15,20H2,1-7H3,(H2,36,37,38,39)/b25-19+/t23-,24+. The van der Waals surface area contributed by atoms with Gasteiger partial charge in [-0.05, 0) is 103 Å². The molecule has 2 aliphatic carbocycles. The summed E-state index contributed by atoms with van der Waals surface area (Å²) < 4.78 is 31.9. The number of anilines is 3. The predicted octanol–water partition coefficient (Wildman–Crippen LogP) is 5.04. The van der Waals surface area contributed by atoms with Gasteiger partial charge in [-0.1, -0.05) is 11.6 Å². The second-order valence-corrected chi connectivity index (χ2v) is 15.8. The van der Waals surface area contributed by atoms with Gasteiger partial charge in [-0.25, -0.2) is 18.8 Å². The molecular weight excluding hydrogens is 612 g/mol. The van der Waals surface area contributed by atoms with Crippen LogP contribution in [0.25, 0.3) is 0 Å². The molecule has 13 heteroatoms. The van der Waals surface area contributed by atoms with Gasteiger partial charge in [-0.2, -0.15) is 4.98 Å². The summed E-state index contributed by atoms with van der Waals surface area (Å²) in [6, 6.07) is 4.91. The normalized spacial score (nSPS) is 19.2. The number of hydrazine groups is 1. The number of nitrogens with zero attached hydrogens (tertiary/aromatic N) is 4. The number of sulfone groups is 1. The van der Waals surface area contributed by atoms with Crippen LogP contribution in [-0.2, 0) is 9.84 Å². The summed E-state index contributed by atoms with van der Waals surface area (Å²) in [6.07, 6.45) is 10.1. The largest absolute Gasteiger partial charge is 0.488 e. The molecule has 0 amide bonds. The van der Waals surface area contributed by atoms with Crippen molar-refractivity contribution in [3.05, 3.63) is 46.4 Å². The van der Waals surface area contributed by atoms with Gasteiger partial charge in [-0.3, -0.25) is 0 Å². The van der Waals surface area contributed by atoms with Crippen molar-refractivity contribution in [2.24, 2.45) is 0 Å². The molecule has 11 nitrogen and oxygen atoms in total. The minimum Gasteiger partial charge on any atom is -0.488 e. The second kappa shape index (κ2) is 15.8. The molecule has 1 aromatic heterocycles. The third kappa shape index (κ3) is 10.4. The number of aryl methyl sites for hydroxylation is 1. The summed E-state index contributed by atoms with van der Waals surface area (Å²) in [7, 11) is 4.35. The Hall–Kier alpha value is -2.64. The molecule has 4 N–H and O–H groups in total. The van der Waals surface area contributed by atoms with Crippen molar-refractivity contribution < 1.29 is 13.2 Å². The van der Waals surface area contributed by atoms with E-state index >= 15 is 0 Å². The van der Waals surface area contributed by atoms with Crippen LogP contribution in [0.3, 0.4) is 0 Å². The number of likely N-dealkylation sites (N-methyl/N-ethyl adjacent to an activating group) is 1. The number of nitrogens with one attached hydrogen (secondary N) is 4. The van der Waals surface area contributed by atoms with E-state index in [2.05, 4.69) is 69.4 Å². The van der Waals surface area contributed by atoms with Crippen LogP contribution in [0.1, 0.15) is 69.4 Å². The van der Waals surface area contributed by atoms with Crippen LogP contribution >= 0.6 is 11.6 Å². The number of rotatable bonds is 16. The van der Waals surface area contributed by atoms with E-state index < -0.39 is 15.1 Å². The lowest BCUT2D eigenvalue weighted by molar-refractivity contribution is 0.302. The molecule has 2 aliphatic rings. The SMILES string of the molecule is CNN(C)/C=C(\CS(=O)(=O)C(C)C)Nc1nc(Nc2cc(C)c([C@H]3CC[C@@H](NCCN(C)C)CC3)cc2OC2CC2)ncc1Cl. The van der Waals surface area contributed by atoms with E-state index in [1.165, 1.54) is 30.2 Å². The molecule has 2 fully saturated rings. The molecular formula is C32H51ClN8O3S. The Morgan fingerprint density at radius 1 is 1.13 bits per heavy atom. The van der Waals surface area contributed by atoms with Gasteiger partial charge in [0, 0.05) is 45.1 Å². The predicted molar refractivity (Wildman–Crippen MR) is 184 cm³/mol. The van der Waals surface area contributed by atoms with Crippen molar-refractivity contribution in [2.75, 3.05) is 57.7 Å². The number of aromatic nitrogens is 2. The zero-order valence-corrected chi connectivity index (χ0v) is 29.4. The van der Waals surface area contributed by atoms with Crippen LogP contribution in [0.4, 0.5) is 17.5 Å². The Labute approximate surface area is 274 Å². The zero-order valence-electron chi connectivity index (χ0n) is 27.8. The zero-order chi connectivity index (χ0) is 32.7. The third-order valence-corrected chi connectivity index (χ3v) is 10.8. The molecule has 0 spiro atoms. The van der Waals surface area contributed by atoms with E-state index in [1.54, 1.807) is 39.2 Å². The number of benzene rings is 1. The van der Waals surface area contributed by atoms with Gasteiger partial charge in [0.25, 0.3) is 0 Å². The van der Waals surface area contributed by atoms with Crippen molar-refractivity contribution in [1.82, 2.24) is 30.6 Å². The molecule has 0 unspecified atom stereocenters. The van der Waals surface area contributed by atoms with E-state index in [-0.39, 0.29) is 16.9 Å². The van der Waals surface area contributed by atoms with Crippen LogP contribution in [0.15, 0.2) is 30.2 Å². The molecule has 1 heterocycles. The lowest BCUT2D eigenvalue weighted by Crippen LogP contribution is -2.37. The molecule has 1 aromatic carbocycles. The van der Waals surface area contributed by atoms with Crippen LogP contribution in [-0.4, -0.2) is 92.7 Å². The Morgan fingerprint density at radius 2 is 1.84 bits per heavy atom. The maximum absolute atomic E-state index is 12.8. The number of halogens is 1. The first-order chi connectivity index (χ1) is 21.3. The summed E-state index contributed by atoms with van der Waals surface area (Å²) in [5.41, 5.74) is 6.72. The van der Waals surface area contributed by atoms with Crippen LogP contribution in [0.2, 0.25) is 5.02 Å². The van der Waals surface area contributed by atoms with Crippen LogP contribution < -0.4 is 26.1 Å².